The quantitative estimate of drug-likeness (QED) is 0.902. The van der Waals surface area contributed by atoms with Gasteiger partial charge in [0.1, 0.15) is 5.82 Å². The average molecular weight is 259 g/mol. The van der Waals surface area contributed by atoms with Gasteiger partial charge in [-0.1, -0.05) is 6.07 Å². The third-order valence-electron chi connectivity index (χ3n) is 3.28. The standard InChI is InChI=1S/C12H18FNO2S/c1-8-5-6-9(13)7-10(8)11(14)12(2,3)17(4,15)16/h5-7,11H,14H2,1-4H3. The Morgan fingerprint density at radius 2 is 1.88 bits per heavy atom. The van der Waals surface area contributed by atoms with Gasteiger partial charge >= 0.3 is 0 Å². The van der Waals surface area contributed by atoms with Crippen molar-refractivity contribution >= 4 is 9.84 Å². The maximum atomic E-state index is 13.2. The molecule has 5 heteroatoms. The molecule has 0 aliphatic rings. The number of hydrogen-bond acceptors (Lipinski definition) is 3. The summed E-state index contributed by atoms with van der Waals surface area (Å²) in [7, 11) is -3.33. The molecule has 1 aromatic rings. The van der Waals surface area contributed by atoms with Crippen LogP contribution in [0.2, 0.25) is 0 Å². The van der Waals surface area contributed by atoms with E-state index in [4.69, 9.17) is 5.73 Å². The Balaban J connectivity index is 3.30. The summed E-state index contributed by atoms with van der Waals surface area (Å²) in [6, 6.07) is 3.47. The average Bonchev–Trinajstić information content (AvgIpc) is 2.19. The molecule has 3 nitrogen and oxygen atoms in total. The normalized spacial score (nSPS) is 14.7. The Bertz CT molecular complexity index is 523. The summed E-state index contributed by atoms with van der Waals surface area (Å²) in [5, 5.41) is 0. The molecule has 17 heavy (non-hydrogen) atoms. The summed E-state index contributed by atoms with van der Waals surface area (Å²) in [6.07, 6.45) is 1.14. The predicted octanol–water partition coefficient (Wildman–Crippen LogP) is 1.96. The molecule has 0 heterocycles. The van der Waals surface area contributed by atoms with E-state index in [1.54, 1.807) is 26.8 Å². The van der Waals surface area contributed by atoms with Crippen molar-refractivity contribution in [3.05, 3.63) is 35.1 Å². The summed E-state index contributed by atoms with van der Waals surface area (Å²) < 4.78 is 35.4. The molecule has 0 fully saturated rings. The molecule has 0 saturated carbocycles. The van der Waals surface area contributed by atoms with Crippen LogP contribution in [0.5, 0.6) is 0 Å². The zero-order valence-corrected chi connectivity index (χ0v) is 11.3. The van der Waals surface area contributed by atoms with Gasteiger partial charge in [-0.25, -0.2) is 12.8 Å². The molecule has 0 spiro atoms. The highest BCUT2D eigenvalue weighted by Crippen LogP contribution is 2.32. The zero-order valence-electron chi connectivity index (χ0n) is 10.5. The fourth-order valence-electron chi connectivity index (χ4n) is 1.55. The van der Waals surface area contributed by atoms with Crippen molar-refractivity contribution in [1.82, 2.24) is 0 Å². The fourth-order valence-corrected chi connectivity index (χ4v) is 2.14. The Morgan fingerprint density at radius 1 is 1.35 bits per heavy atom. The molecule has 0 aliphatic heterocycles. The van der Waals surface area contributed by atoms with Crippen molar-refractivity contribution in [2.75, 3.05) is 6.26 Å². The van der Waals surface area contributed by atoms with Crippen LogP contribution in [-0.2, 0) is 9.84 Å². The minimum absolute atomic E-state index is 0.412. The van der Waals surface area contributed by atoms with E-state index in [1.165, 1.54) is 12.1 Å². The number of sulfone groups is 1. The van der Waals surface area contributed by atoms with E-state index in [-0.39, 0.29) is 0 Å². The first-order chi connectivity index (χ1) is 7.57. The Labute approximate surface area is 102 Å². The van der Waals surface area contributed by atoms with Crippen LogP contribution in [0.3, 0.4) is 0 Å². The topological polar surface area (TPSA) is 60.2 Å². The van der Waals surface area contributed by atoms with Gasteiger partial charge in [0.2, 0.25) is 0 Å². The lowest BCUT2D eigenvalue weighted by molar-refractivity contribution is 0.493. The molecule has 0 aromatic heterocycles. The van der Waals surface area contributed by atoms with Crippen molar-refractivity contribution in [1.29, 1.82) is 0 Å². The van der Waals surface area contributed by atoms with Gasteiger partial charge in [-0.05, 0) is 44.0 Å². The van der Waals surface area contributed by atoms with Gasteiger partial charge in [0, 0.05) is 12.3 Å². The van der Waals surface area contributed by atoms with Gasteiger partial charge < -0.3 is 5.73 Å². The third-order valence-corrected chi connectivity index (χ3v) is 5.45. The van der Waals surface area contributed by atoms with E-state index in [1.807, 2.05) is 0 Å². The summed E-state index contributed by atoms with van der Waals surface area (Å²) in [5.74, 6) is -0.412. The minimum atomic E-state index is -3.33. The first-order valence-corrected chi connectivity index (χ1v) is 7.17. The number of nitrogens with two attached hydrogens (primary N) is 1. The molecule has 1 unspecified atom stereocenters. The monoisotopic (exact) mass is 259 g/mol. The molecule has 0 amide bonds. The van der Waals surface area contributed by atoms with E-state index in [0.717, 1.165) is 11.8 Å². The number of benzene rings is 1. The van der Waals surface area contributed by atoms with Crippen molar-refractivity contribution in [3.8, 4) is 0 Å². The van der Waals surface area contributed by atoms with E-state index in [0.29, 0.717) is 5.56 Å². The summed E-state index contributed by atoms with van der Waals surface area (Å²) >= 11 is 0. The molecular formula is C12H18FNO2S. The van der Waals surface area contributed by atoms with Gasteiger partial charge in [0.05, 0.1) is 4.75 Å². The number of hydrogen-bond donors (Lipinski definition) is 1. The van der Waals surface area contributed by atoms with Crippen LogP contribution in [0, 0.1) is 12.7 Å². The van der Waals surface area contributed by atoms with Crippen LogP contribution >= 0.6 is 0 Å². The Morgan fingerprint density at radius 3 is 2.35 bits per heavy atom. The van der Waals surface area contributed by atoms with Crippen molar-refractivity contribution in [2.45, 2.75) is 31.6 Å². The molecule has 0 bridgehead atoms. The van der Waals surface area contributed by atoms with Gasteiger partial charge in [-0.15, -0.1) is 0 Å². The lowest BCUT2D eigenvalue weighted by atomic mass is 9.92. The molecule has 1 atom stereocenters. The lowest BCUT2D eigenvalue weighted by Gasteiger charge is -2.30. The van der Waals surface area contributed by atoms with Crippen LogP contribution in [0.15, 0.2) is 18.2 Å². The van der Waals surface area contributed by atoms with Crippen LogP contribution in [-0.4, -0.2) is 19.4 Å². The van der Waals surface area contributed by atoms with Crippen molar-refractivity contribution < 1.29 is 12.8 Å². The van der Waals surface area contributed by atoms with Gasteiger partial charge in [-0.3, -0.25) is 0 Å². The predicted molar refractivity (Wildman–Crippen MR) is 67.0 cm³/mol. The number of aryl methyl sites for hydroxylation is 1. The van der Waals surface area contributed by atoms with Gasteiger partial charge in [0.25, 0.3) is 0 Å². The molecule has 0 radical (unpaired) electrons. The van der Waals surface area contributed by atoms with Crippen LogP contribution in [0.4, 0.5) is 4.39 Å². The van der Waals surface area contributed by atoms with E-state index in [2.05, 4.69) is 0 Å². The Hall–Kier alpha value is -0.940. The first-order valence-electron chi connectivity index (χ1n) is 5.28. The van der Waals surface area contributed by atoms with Crippen molar-refractivity contribution in [2.24, 2.45) is 5.73 Å². The van der Waals surface area contributed by atoms with Crippen molar-refractivity contribution in [3.63, 3.8) is 0 Å². The van der Waals surface area contributed by atoms with Gasteiger partial charge in [0.15, 0.2) is 9.84 Å². The molecular weight excluding hydrogens is 241 g/mol. The molecule has 0 saturated heterocycles. The first kappa shape index (κ1) is 14.1. The number of rotatable bonds is 3. The smallest absolute Gasteiger partial charge is 0.154 e. The molecule has 0 aliphatic carbocycles. The maximum absolute atomic E-state index is 13.2. The van der Waals surface area contributed by atoms with Crippen LogP contribution in [0.1, 0.15) is 31.0 Å². The second-order valence-corrected chi connectivity index (χ2v) is 7.45. The van der Waals surface area contributed by atoms with E-state index < -0.39 is 26.4 Å². The van der Waals surface area contributed by atoms with E-state index in [9.17, 15) is 12.8 Å². The van der Waals surface area contributed by atoms with E-state index >= 15 is 0 Å². The molecule has 2 N–H and O–H groups in total. The maximum Gasteiger partial charge on any atom is 0.154 e. The van der Waals surface area contributed by atoms with Crippen LogP contribution in [0.25, 0.3) is 0 Å². The lowest BCUT2D eigenvalue weighted by Crippen LogP contribution is -2.42. The zero-order chi connectivity index (χ0) is 13.4. The SMILES string of the molecule is Cc1ccc(F)cc1C(N)C(C)(C)S(C)(=O)=O. The third kappa shape index (κ3) is 2.66. The molecule has 1 rings (SSSR count). The second kappa shape index (κ2) is 4.38. The highest BCUT2D eigenvalue weighted by Gasteiger charge is 2.38. The highest BCUT2D eigenvalue weighted by molar-refractivity contribution is 7.92. The van der Waals surface area contributed by atoms with Crippen LogP contribution < -0.4 is 5.73 Å². The summed E-state index contributed by atoms with van der Waals surface area (Å²) in [5.41, 5.74) is 7.30. The molecule has 96 valence electrons. The Kier molecular flexibility index (Phi) is 3.64. The molecule has 1 aromatic carbocycles. The summed E-state index contributed by atoms with van der Waals surface area (Å²) in [4.78, 5) is 0. The highest BCUT2D eigenvalue weighted by atomic mass is 32.2. The fraction of sp³-hybridized carbons (Fsp3) is 0.500. The second-order valence-electron chi connectivity index (χ2n) is 4.85. The number of halogens is 1. The summed E-state index contributed by atoms with van der Waals surface area (Å²) in [6.45, 7) is 4.89. The minimum Gasteiger partial charge on any atom is -0.323 e. The largest absolute Gasteiger partial charge is 0.323 e. The van der Waals surface area contributed by atoms with Gasteiger partial charge in [-0.2, -0.15) is 0 Å².